The lowest BCUT2D eigenvalue weighted by molar-refractivity contribution is 0.0994. The van der Waals surface area contributed by atoms with Crippen LogP contribution in [0.2, 0.25) is 0 Å². The number of aromatic nitrogens is 3. The first-order chi connectivity index (χ1) is 15.7. The first kappa shape index (κ1) is 20.7. The zero-order chi connectivity index (χ0) is 22.1. The van der Waals surface area contributed by atoms with E-state index in [1.54, 1.807) is 14.2 Å². The van der Waals surface area contributed by atoms with Gasteiger partial charge in [0, 0.05) is 56.1 Å². The summed E-state index contributed by atoms with van der Waals surface area (Å²) < 4.78 is 13.1. The van der Waals surface area contributed by atoms with E-state index in [9.17, 15) is 0 Å². The normalized spacial score (nSPS) is 19.2. The molecule has 4 aromatic rings. The van der Waals surface area contributed by atoms with E-state index < -0.39 is 0 Å². The molecule has 7 nitrogen and oxygen atoms in total. The molecule has 1 aliphatic rings. The van der Waals surface area contributed by atoms with Crippen molar-refractivity contribution in [1.82, 2.24) is 19.4 Å². The van der Waals surface area contributed by atoms with E-state index in [-0.39, 0.29) is 6.10 Å². The molecule has 1 fully saturated rings. The van der Waals surface area contributed by atoms with Gasteiger partial charge in [-0.1, -0.05) is 0 Å². The molecule has 5 rings (SSSR count). The van der Waals surface area contributed by atoms with Gasteiger partial charge in [0.1, 0.15) is 6.33 Å². The summed E-state index contributed by atoms with van der Waals surface area (Å²) in [5, 5.41) is 10.4. The molecule has 2 aromatic carbocycles. The van der Waals surface area contributed by atoms with Gasteiger partial charge in [0.25, 0.3) is 0 Å². The Morgan fingerprint density at radius 3 is 2.94 bits per heavy atom. The van der Waals surface area contributed by atoms with Gasteiger partial charge in [0.15, 0.2) is 0 Å². The molecule has 0 aliphatic carbocycles. The van der Waals surface area contributed by atoms with E-state index in [1.807, 2.05) is 24.5 Å². The number of fused-ring (bicyclic) bond motifs is 2. The Bertz CT molecular complexity index is 1280. The van der Waals surface area contributed by atoms with Crippen LogP contribution >= 0.6 is 0 Å². The van der Waals surface area contributed by atoms with Gasteiger partial charge in [-0.2, -0.15) is 5.26 Å². The number of likely N-dealkylation sites (tertiary alicyclic amines) is 1. The number of imidazole rings is 1. The van der Waals surface area contributed by atoms with Crippen molar-refractivity contribution in [3.05, 3.63) is 60.0 Å². The largest absolute Gasteiger partial charge is 0.383 e. The number of nitrogens with zero attached hydrogens (tertiary/aromatic N) is 4. The Kier molecular flexibility index (Phi) is 5.66. The van der Waals surface area contributed by atoms with E-state index in [2.05, 4.69) is 49.9 Å². The number of rotatable bonds is 7. The Morgan fingerprint density at radius 1 is 1.22 bits per heavy atom. The number of ether oxygens (including phenoxy) is 2. The lowest BCUT2D eigenvalue weighted by Crippen LogP contribution is -2.34. The minimum atomic E-state index is 0.272. The van der Waals surface area contributed by atoms with E-state index in [0.29, 0.717) is 11.6 Å². The van der Waals surface area contributed by atoms with Gasteiger partial charge in [-0.25, -0.2) is 4.98 Å². The van der Waals surface area contributed by atoms with E-state index >= 15 is 0 Å². The summed E-state index contributed by atoms with van der Waals surface area (Å²) in [7, 11) is 3.55. The molecular weight excluding hydrogens is 402 g/mol. The summed E-state index contributed by atoms with van der Waals surface area (Å²) in [6, 6.07) is 14.7. The molecule has 0 unspecified atom stereocenters. The van der Waals surface area contributed by atoms with Gasteiger partial charge in [-0.05, 0) is 54.8 Å². The van der Waals surface area contributed by atoms with Crippen LogP contribution in [-0.4, -0.2) is 65.5 Å². The van der Waals surface area contributed by atoms with Crippen molar-refractivity contribution in [3.63, 3.8) is 0 Å². The molecule has 7 heteroatoms. The van der Waals surface area contributed by atoms with Gasteiger partial charge in [0.2, 0.25) is 0 Å². The summed E-state index contributed by atoms with van der Waals surface area (Å²) in [4.78, 5) is 10.4. The molecular formula is C25H27N5O2. The Labute approximate surface area is 187 Å². The zero-order valence-corrected chi connectivity index (χ0v) is 18.4. The molecule has 1 aliphatic heterocycles. The third-order valence-electron chi connectivity index (χ3n) is 6.57. The second-order valence-corrected chi connectivity index (χ2v) is 8.41. The average Bonchev–Trinajstić information content (AvgIpc) is 3.54. The predicted octanol–water partition coefficient (Wildman–Crippen LogP) is 3.66. The van der Waals surface area contributed by atoms with Crippen molar-refractivity contribution in [2.24, 2.45) is 0 Å². The fraction of sp³-hybridized carbons (Fsp3) is 0.360. The Morgan fingerprint density at radius 2 is 2.12 bits per heavy atom. The minimum absolute atomic E-state index is 0.272. The van der Waals surface area contributed by atoms with Gasteiger partial charge in [-0.3, -0.25) is 9.47 Å². The van der Waals surface area contributed by atoms with Crippen molar-refractivity contribution in [1.29, 1.82) is 5.26 Å². The van der Waals surface area contributed by atoms with Gasteiger partial charge < -0.3 is 14.5 Å². The monoisotopic (exact) mass is 429 g/mol. The third-order valence-corrected chi connectivity index (χ3v) is 6.57. The second kappa shape index (κ2) is 8.75. The molecule has 0 amide bonds. The van der Waals surface area contributed by atoms with Crippen LogP contribution in [-0.2, 0) is 15.9 Å². The van der Waals surface area contributed by atoms with E-state index in [4.69, 9.17) is 14.7 Å². The summed E-state index contributed by atoms with van der Waals surface area (Å²) in [6.45, 7) is 2.59. The predicted molar refractivity (Wildman–Crippen MR) is 124 cm³/mol. The van der Waals surface area contributed by atoms with E-state index in [0.717, 1.165) is 54.8 Å². The molecule has 0 saturated carbocycles. The highest BCUT2D eigenvalue weighted by atomic mass is 16.5. The third kappa shape index (κ3) is 3.78. The molecule has 3 heterocycles. The van der Waals surface area contributed by atoms with Crippen LogP contribution in [0.3, 0.4) is 0 Å². The smallest absolute Gasteiger partial charge is 0.100 e. The van der Waals surface area contributed by atoms with Crippen molar-refractivity contribution >= 4 is 21.9 Å². The van der Waals surface area contributed by atoms with Crippen LogP contribution in [0.5, 0.6) is 0 Å². The maximum atomic E-state index is 9.16. The van der Waals surface area contributed by atoms with Crippen LogP contribution in [0.25, 0.3) is 27.6 Å². The highest BCUT2D eigenvalue weighted by molar-refractivity contribution is 5.86. The number of benzene rings is 2. The molecule has 164 valence electrons. The van der Waals surface area contributed by atoms with Crippen molar-refractivity contribution in [2.45, 2.75) is 25.0 Å². The number of H-pyrrole nitrogens is 1. The number of nitriles is 1. The van der Waals surface area contributed by atoms with Crippen molar-refractivity contribution in [2.75, 3.05) is 33.9 Å². The highest BCUT2D eigenvalue weighted by Gasteiger charge is 2.32. The second-order valence-electron chi connectivity index (χ2n) is 8.41. The molecule has 1 N–H and O–H groups in total. The molecule has 0 bridgehead atoms. The summed E-state index contributed by atoms with van der Waals surface area (Å²) in [5.74, 6) is 0. The molecule has 2 aromatic heterocycles. The Hall–Kier alpha value is -3.18. The summed E-state index contributed by atoms with van der Waals surface area (Å²) in [6.07, 6.45) is 6.22. The minimum Gasteiger partial charge on any atom is -0.383 e. The number of hydrogen-bond acceptors (Lipinski definition) is 5. The number of nitrogens with one attached hydrogen (secondary N) is 1. The maximum Gasteiger partial charge on any atom is 0.100 e. The number of hydrogen-bond donors (Lipinski definition) is 1. The Balaban J connectivity index is 1.46. The van der Waals surface area contributed by atoms with Crippen molar-refractivity contribution < 1.29 is 9.47 Å². The van der Waals surface area contributed by atoms with Crippen LogP contribution in [0.1, 0.15) is 17.5 Å². The molecule has 0 spiro atoms. The van der Waals surface area contributed by atoms with Crippen molar-refractivity contribution in [3.8, 4) is 11.8 Å². The summed E-state index contributed by atoms with van der Waals surface area (Å²) >= 11 is 0. The van der Waals surface area contributed by atoms with Gasteiger partial charge in [0.05, 0.1) is 35.4 Å². The SMILES string of the molecule is COCCN1C[C@H](OC)C[C@H]1Cc1c[nH]c2ccc(-n3cnc4cc(C#N)ccc43)cc12. The highest BCUT2D eigenvalue weighted by Crippen LogP contribution is 2.29. The first-order valence-corrected chi connectivity index (χ1v) is 10.9. The standard InChI is InChI=1S/C25H27N5O2/c1-31-8-7-29-15-21(32-2)11-20(29)10-18-14-27-23-5-4-19(12-22(18)23)30-16-28-24-9-17(13-26)3-6-25(24)30/h3-6,9,12,14,16,20-21,27H,7-8,10-11,15H2,1-2H3/t20-,21-/m1/s1. The van der Waals surface area contributed by atoms with Gasteiger partial charge in [-0.15, -0.1) is 0 Å². The number of methoxy groups -OCH3 is 2. The fourth-order valence-corrected chi connectivity index (χ4v) is 4.83. The van der Waals surface area contributed by atoms with Crippen LogP contribution in [0, 0.1) is 11.3 Å². The molecule has 1 saturated heterocycles. The quantitative estimate of drug-likeness (QED) is 0.485. The van der Waals surface area contributed by atoms with Crippen LogP contribution in [0.4, 0.5) is 0 Å². The summed E-state index contributed by atoms with van der Waals surface area (Å²) in [5.41, 5.74) is 5.93. The van der Waals surface area contributed by atoms with Crippen LogP contribution < -0.4 is 0 Å². The molecule has 32 heavy (non-hydrogen) atoms. The number of aromatic amines is 1. The molecule has 2 atom stereocenters. The maximum absolute atomic E-state index is 9.16. The zero-order valence-electron chi connectivity index (χ0n) is 18.4. The van der Waals surface area contributed by atoms with Gasteiger partial charge >= 0.3 is 0 Å². The topological polar surface area (TPSA) is 79.1 Å². The lowest BCUT2D eigenvalue weighted by Gasteiger charge is -2.23. The average molecular weight is 430 g/mol. The van der Waals surface area contributed by atoms with Crippen LogP contribution in [0.15, 0.2) is 48.9 Å². The van der Waals surface area contributed by atoms with E-state index in [1.165, 1.54) is 10.9 Å². The lowest BCUT2D eigenvalue weighted by atomic mass is 10.0. The first-order valence-electron chi connectivity index (χ1n) is 10.9. The fourth-order valence-electron chi connectivity index (χ4n) is 4.83. The molecule has 0 radical (unpaired) electrons.